The van der Waals surface area contributed by atoms with Gasteiger partial charge in [-0.15, -0.1) is 0 Å². The molecule has 1 aromatic rings. The number of hydrogen-bond acceptors (Lipinski definition) is 2. The molecule has 0 saturated carbocycles. The van der Waals surface area contributed by atoms with Crippen LogP contribution in [0.5, 0.6) is 0 Å². The first kappa shape index (κ1) is 16.7. The van der Waals surface area contributed by atoms with Crippen molar-refractivity contribution < 1.29 is 14.7 Å². The molecule has 1 unspecified atom stereocenters. The van der Waals surface area contributed by atoms with Crippen molar-refractivity contribution in [3.8, 4) is 0 Å². The summed E-state index contributed by atoms with van der Waals surface area (Å²) in [4.78, 5) is 25.2. The minimum absolute atomic E-state index is 0.0223. The van der Waals surface area contributed by atoms with E-state index in [2.05, 4.69) is 22.0 Å². The van der Waals surface area contributed by atoms with E-state index in [4.69, 9.17) is 5.11 Å². The van der Waals surface area contributed by atoms with Crippen LogP contribution in [0.15, 0.2) is 40.9 Å². The summed E-state index contributed by atoms with van der Waals surface area (Å²) in [7, 11) is 0. The van der Waals surface area contributed by atoms with Crippen molar-refractivity contribution in [2.45, 2.75) is 32.2 Å². The molecule has 0 aliphatic heterocycles. The van der Waals surface area contributed by atoms with Crippen LogP contribution in [0.1, 0.15) is 31.2 Å². The van der Waals surface area contributed by atoms with Gasteiger partial charge in [0.25, 0.3) is 0 Å². The number of carbonyl (C=O) groups excluding carboxylic acids is 1. The third-order valence-corrected chi connectivity index (χ3v) is 4.28. The van der Waals surface area contributed by atoms with Crippen LogP contribution in [-0.4, -0.2) is 28.4 Å². The molecule has 5 heteroatoms. The van der Waals surface area contributed by atoms with Gasteiger partial charge in [-0.3, -0.25) is 9.59 Å². The van der Waals surface area contributed by atoms with Gasteiger partial charge >= 0.3 is 5.97 Å². The molecule has 1 aliphatic rings. The zero-order valence-electron chi connectivity index (χ0n) is 12.4. The lowest BCUT2D eigenvalue weighted by Gasteiger charge is -2.28. The number of carbonyl (C=O) groups is 2. The van der Waals surface area contributed by atoms with Gasteiger partial charge in [0, 0.05) is 23.5 Å². The number of hydrogen-bond donors (Lipinski definition) is 1. The normalized spacial score (nSPS) is 17.2. The Morgan fingerprint density at radius 3 is 2.77 bits per heavy atom. The quantitative estimate of drug-likeness (QED) is 0.783. The van der Waals surface area contributed by atoms with E-state index < -0.39 is 5.97 Å². The maximum atomic E-state index is 12.7. The molecule has 0 aromatic heterocycles. The van der Waals surface area contributed by atoms with Crippen LogP contribution in [0.4, 0.5) is 0 Å². The molecule has 118 valence electrons. The van der Waals surface area contributed by atoms with Crippen molar-refractivity contribution in [1.82, 2.24) is 4.90 Å². The zero-order valence-corrected chi connectivity index (χ0v) is 14.0. The molecular weight excluding hydrogens is 346 g/mol. The van der Waals surface area contributed by atoms with Gasteiger partial charge in [-0.25, -0.2) is 0 Å². The van der Waals surface area contributed by atoms with Crippen molar-refractivity contribution in [2.24, 2.45) is 5.92 Å². The second-order valence-corrected chi connectivity index (χ2v) is 6.43. The first-order valence-corrected chi connectivity index (χ1v) is 8.25. The molecule has 1 atom stereocenters. The van der Waals surface area contributed by atoms with Crippen LogP contribution in [-0.2, 0) is 16.1 Å². The Labute approximate surface area is 138 Å². The largest absolute Gasteiger partial charge is 0.481 e. The van der Waals surface area contributed by atoms with Gasteiger partial charge in [-0.2, -0.15) is 0 Å². The van der Waals surface area contributed by atoms with E-state index in [0.717, 1.165) is 29.3 Å². The average molecular weight is 366 g/mol. The van der Waals surface area contributed by atoms with Crippen molar-refractivity contribution in [3.63, 3.8) is 0 Å². The molecule has 0 radical (unpaired) electrons. The number of benzene rings is 1. The number of allylic oxidation sites excluding steroid dienone is 2. The predicted octanol–water partition coefficient (Wildman–Crippen LogP) is 3.61. The smallest absolute Gasteiger partial charge is 0.305 e. The van der Waals surface area contributed by atoms with Crippen molar-refractivity contribution in [3.05, 3.63) is 46.5 Å². The van der Waals surface area contributed by atoms with E-state index in [9.17, 15) is 9.59 Å². The van der Waals surface area contributed by atoms with E-state index in [1.165, 1.54) is 0 Å². The summed E-state index contributed by atoms with van der Waals surface area (Å²) < 4.78 is 0.955. The molecule has 1 aliphatic carbocycles. The zero-order chi connectivity index (χ0) is 15.9. The molecule has 22 heavy (non-hydrogen) atoms. The lowest BCUT2D eigenvalue weighted by molar-refractivity contribution is -0.140. The SMILES string of the molecule is O=C(O)CCN(Cc1cccc(Br)c1)C(=O)C1CC=CCC1. The highest BCUT2D eigenvalue weighted by Gasteiger charge is 2.24. The number of amides is 1. The Morgan fingerprint density at radius 1 is 1.32 bits per heavy atom. The van der Waals surface area contributed by atoms with Crippen molar-refractivity contribution >= 4 is 27.8 Å². The third kappa shape index (κ3) is 4.98. The van der Waals surface area contributed by atoms with Gasteiger partial charge in [0.15, 0.2) is 0 Å². The van der Waals surface area contributed by atoms with Gasteiger partial charge < -0.3 is 10.0 Å². The van der Waals surface area contributed by atoms with E-state index in [1.807, 2.05) is 30.3 Å². The standard InChI is InChI=1S/C17H20BrNO3/c18-15-8-4-5-13(11-15)12-19(10-9-16(20)21)17(22)14-6-2-1-3-7-14/h1-2,4-5,8,11,14H,3,6-7,9-10,12H2,(H,20,21). The molecule has 2 rings (SSSR count). The van der Waals surface area contributed by atoms with E-state index in [-0.39, 0.29) is 24.8 Å². The van der Waals surface area contributed by atoms with Crippen LogP contribution in [0, 0.1) is 5.92 Å². The second-order valence-electron chi connectivity index (χ2n) is 5.51. The van der Waals surface area contributed by atoms with Crippen molar-refractivity contribution in [2.75, 3.05) is 6.54 Å². The molecule has 0 spiro atoms. The summed E-state index contributed by atoms with van der Waals surface area (Å²) in [6.45, 7) is 0.701. The monoisotopic (exact) mass is 365 g/mol. The summed E-state index contributed by atoms with van der Waals surface area (Å²) in [5.41, 5.74) is 1.000. The number of aliphatic carboxylic acids is 1. The van der Waals surface area contributed by atoms with Crippen LogP contribution in [0.2, 0.25) is 0 Å². The average Bonchev–Trinajstić information content (AvgIpc) is 2.51. The summed E-state index contributed by atoms with van der Waals surface area (Å²) >= 11 is 3.42. The van der Waals surface area contributed by atoms with Crippen LogP contribution >= 0.6 is 15.9 Å². The number of carboxylic acid groups (broad SMARTS) is 1. The molecule has 0 bridgehead atoms. The molecule has 0 fully saturated rings. The number of rotatable bonds is 6. The molecule has 1 N–H and O–H groups in total. The number of halogens is 1. The minimum Gasteiger partial charge on any atom is -0.481 e. The highest BCUT2D eigenvalue weighted by Crippen LogP contribution is 2.22. The highest BCUT2D eigenvalue weighted by molar-refractivity contribution is 9.10. The fraction of sp³-hybridized carbons (Fsp3) is 0.412. The second kappa shape index (κ2) is 8.13. The fourth-order valence-corrected chi connectivity index (χ4v) is 3.08. The Morgan fingerprint density at radius 2 is 2.14 bits per heavy atom. The molecule has 1 amide bonds. The van der Waals surface area contributed by atoms with Gasteiger partial charge in [-0.1, -0.05) is 40.2 Å². The van der Waals surface area contributed by atoms with E-state index in [0.29, 0.717) is 6.54 Å². The Bertz CT molecular complexity index is 571. The van der Waals surface area contributed by atoms with Gasteiger partial charge in [0.1, 0.15) is 0 Å². The first-order chi connectivity index (χ1) is 10.6. The topological polar surface area (TPSA) is 57.6 Å². The maximum absolute atomic E-state index is 12.7. The minimum atomic E-state index is -0.879. The van der Waals surface area contributed by atoms with E-state index in [1.54, 1.807) is 4.90 Å². The van der Waals surface area contributed by atoms with Gasteiger partial charge in [-0.05, 0) is 37.0 Å². The summed E-state index contributed by atoms with van der Waals surface area (Å²) in [5.74, 6) is -0.841. The Kier molecular flexibility index (Phi) is 6.19. The maximum Gasteiger partial charge on any atom is 0.305 e. The number of carboxylic acids is 1. The number of nitrogens with zero attached hydrogens (tertiary/aromatic N) is 1. The van der Waals surface area contributed by atoms with Crippen molar-refractivity contribution in [1.29, 1.82) is 0 Å². The van der Waals surface area contributed by atoms with Gasteiger partial charge in [0.05, 0.1) is 6.42 Å². The fourth-order valence-electron chi connectivity index (χ4n) is 2.63. The lowest BCUT2D eigenvalue weighted by atomic mass is 9.93. The summed E-state index contributed by atoms with van der Waals surface area (Å²) in [5, 5.41) is 8.91. The molecular formula is C17H20BrNO3. The van der Waals surface area contributed by atoms with Crippen LogP contribution in [0.3, 0.4) is 0 Å². The molecule has 0 heterocycles. The summed E-state index contributed by atoms with van der Waals surface area (Å²) in [6.07, 6.45) is 6.63. The lowest BCUT2D eigenvalue weighted by Crippen LogP contribution is -2.37. The highest BCUT2D eigenvalue weighted by atomic mass is 79.9. The summed E-state index contributed by atoms with van der Waals surface area (Å²) in [6, 6.07) is 7.76. The predicted molar refractivity (Wildman–Crippen MR) is 88.3 cm³/mol. The van der Waals surface area contributed by atoms with E-state index >= 15 is 0 Å². The molecule has 4 nitrogen and oxygen atoms in total. The van der Waals surface area contributed by atoms with Crippen LogP contribution in [0.25, 0.3) is 0 Å². The van der Waals surface area contributed by atoms with Crippen LogP contribution < -0.4 is 0 Å². The Hall–Kier alpha value is -1.62. The first-order valence-electron chi connectivity index (χ1n) is 7.46. The van der Waals surface area contributed by atoms with Gasteiger partial charge in [0.2, 0.25) is 5.91 Å². The Balaban J connectivity index is 2.09. The third-order valence-electron chi connectivity index (χ3n) is 3.79. The molecule has 1 aromatic carbocycles. The molecule has 0 saturated heterocycles.